The molecule has 0 N–H and O–H groups in total. The highest BCUT2D eigenvalue weighted by Crippen LogP contribution is 2.30. The van der Waals surface area contributed by atoms with Gasteiger partial charge in [-0.3, -0.25) is 4.79 Å². The van der Waals surface area contributed by atoms with E-state index >= 15 is 0 Å². The maximum absolute atomic E-state index is 12.4. The average Bonchev–Trinajstić information content (AvgIpc) is 3.39. The maximum Gasteiger partial charge on any atom is 0.310 e. The van der Waals surface area contributed by atoms with E-state index < -0.39 is 0 Å². The van der Waals surface area contributed by atoms with E-state index in [0.717, 1.165) is 43.8 Å². The van der Waals surface area contributed by atoms with E-state index in [0.29, 0.717) is 0 Å². The minimum atomic E-state index is -0.264. The van der Waals surface area contributed by atoms with Crippen LogP contribution in [0.15, 0.2) is 82.6 Å². The van der Waals surface area contributed by atoms with Crippen molar-refractivity contribution < 1.29 is 13.9 Å². The van der Waals surface area contributed by atoms with Crippen LogP contribution in [0.2, 0.25) is 0 Å². The zero-order valence-corrected chi connectivity index (χ0v) is 16.3. The predicted octanol–water partition coefficient (Wildman–Crippen LogP) is 6.00. The summed E-state index contributed by atoms with van der Waals surface area (Å²) in [4.78, 5) is 16.9. The lowest BCUT2D eigenvalue weighted by Gasteiger charge is -2.06. The Labute approximate surface area is 171 Å². The monoisotopic (exact) mass is 399 g/mol. The molecule has 0 aliphatic rings. The normalized spacial score (nSPS) is 11.2. The number of hydrogen-bond donors (Lipinski definition) is 0. The Morgan fingerprint density at radius 3 is 2.66 bits per heavy atom. The highest BCUT2D eigenvalue weighted by atomic mass is 32.1. The first-order valence-corrected chi connectivity index (χ1v) is 10.2. The lowest BCUT2D eigenvalue weighted by atomic mass is 10.0. The van der Waals surface area contributed by atoms with Gasteiger partial charge in [0.15, 0.2) is 10.8 Å². The summed E-state index contributed by atoms with van der Waals surface area (Å²) in [5, 5.41) is 5.91. The summed E-state index contributed by atoms with van der Waals surface area (Å²) < 4.78 is 11.3. The second kappa shape index (κ2) is 7.53. The molecule has 0 radical (unpaired) electrons. The van der Waals surface area contributed by atoms with Gasteiger partial charge in [-0.2, -0.15) is 0 Å². The van der Waals surface area contributed by atoms with Gasteiger partial charge in [0.2, 0.25) is 0 Å². The first-order chi connectivity index (χ1) is 14.3. The molecule has 142 valence electrons. The Kier molecular flexibility index (Phi) is 4.58. The van der Waals surface area contributed by atoms with Crippen molar-refractivity contribution in [1.29, 1.82) is 0 Å². The van der Waals surface area contributed by atoms with Crippen molar-refractivity contribution in [1.82, 2.24) is 4.98 Å². The molecular weight excluding hydrogens is 382 g/mol. The molecule has 2 heterocycles. The van der Waals surface area contributed by atoms with Crippen molar-refractivity contribution in [2.24, 2.45) is 0 Å². The predicted molar refractivity (Wildman–Crippen MR) is 115 cm³/mol. The molecule has 0 saturated heterocycles. The molecule has 0 aliphatic heterocycles. The van der Waals surface area contributed by atoms with Gasteiger partial charge < -0.3 is 9.15 Å². The first-order valence-electron chi connectivity index (χ1n) is 9.32. The Balaban J connectivity index is 1.26. The van der Waals surface area contributed by atoms with Crippen LogP contribution in [-0.2, 0) is 22.6 Å². The number of hydrogen-bond acceptors (Lipinski definition) is 5. The molecule has 0 saturated carbocycles. The number of esters is 1. The summed E-state index contributed by atoms with van der Waals surface area (Å²) in [5.41, 5.74) is 2.52. The third-order valence-corrected chi connectivity index (χ3v) is 5.69. The number of thiazole rings is 1. The van der Waals surface area contributed by atoms with Gasteiger partial charge in [0.05, 0.1) is 12.1 Å². The smallest absolute Gasteiger partial charge is 0.310 e. The van der Waals surface area contributed by atoms with E-state index in [-0.39, 0.29) is 19.0 Å². The second-order valence-corrected chi connectivity index (χ2v) is 7.63. The average molecular weight is 399 g/mol. The molecule has 0 amide bonds. The molecule has 0 atom stereocenters. The Morgan fingerprint density at radius 1 is 0.966 bits per heavy atom. The number of carbonyl (C=O) groups is 1. The van der Waals surface area contributed by atoms with E-state index in [2.05, 4.69) is 4.98 Å². The number of para-hydroxylation sites is 1. The Bertz CT molecular complexity index is 1280. The third kappa shape index (κ3) is 3.65. The number of nitrogens with zero attached hydrogens (tertiary/aromatic N) is 1. The van der Waals surface area contributed by atoms with Crippen LogP contribution in [0.25, 0.3) is 32.5 Å². The molecule has 0 unspecified atom stereocenters. The highest BCUT2D eigenvalue weighted by molar-refractivity contribution is 7.13. The van der Waals surface area contributed by atoms with Crippen LogP contribution in [0.3, 0.4) is 0 Å². The molecule has 5 heteroatoms. The molecule has 0 aliphatic carbocycles. The van der Waals surface area contributed by atoms with E-state index in [1.807, 2.05) is 78.2 Å². The molecule has 5 rings (SSSR count). The summed E-state index contributed by atoms with van der Waals surface area (Å²) in [6.45, 7) is 0.153. The first kappa shape index (κ1) is 17.6. The minimum absolute atomic E-state index is 0.153. The van der Waals surface area contributed by atoms with Crippen molar-refractivity contribution >= 4 is 39.0 Å². The van der Waals surface area contributed by atoms with Gasteiger partial charge in [0.1, 0.15) is 12.2 Å². The molecule has 0 fully saturated rings. The Hall–Kier alpha value is -3.44. The number of furan rings is 1. The van der Waals surface area contributed by atoms with Crippen molar-refractivity contribution in [2.45, 2.75) is 13.0 Å². The zero-order chi connectivity index (χ0) is 19.6. The number of ether oxygens (including phenoxy) is 1. The third-order valence-electron chi connectivity index (χ3n) is 4.78. The van der Waals surface area contributed by atoms with Crippen molar-refractivity contribution in [3.63, 3.8) is 0 Å². The number of benzene rings is 3. The molecule has 2 aromatic heterocycles. The van der Waals surface area contributed by atoms with Crippen molar-refractivity contribution in [2.75, 3.05) is 0 Å². The molecule has 0 bridgehead atoms. The standard InChI is InChI=1S/C24H17NO3S/c26-23(13-17-9-5-8-16-6-1-3-10-20(16)17)27-14-19-15-29-24(25-19)22-12-18-7-2-4-11-21(18)28-22/h1-12,15H,13-14H2. The van der Waals surface area contributed by atoms with Crippen LogP contribution in [0.5, 0.6) is 0 Å². The summed E-state index contributed by atoms with van der Waals surface area (Å²) in [6, 6.07) is 23.8. The fraction of sp³-hybridized carbons (Fsp3) is 0.0833. The number of fused-ring (bicyclic) bond motifs is 2. The van der Waals surface area contributed by atoms with Gasteiger partial charge >= 0.3 is 5.97 Å². The lowest BCUT2D eigenvalue weighted by molar-refractivity contribution is -0.144. The number of aromatic nitrogens is 1. The fourth-order valence-corrected chi connectivity index (χ4v) is 4.14. The summed E-state index contributed by atoms with van der Waals surface area (Å²) in [7, 11) is 0. The van der Waals surface area contributed by atoms with Gasteiger partial charge in [-0.15, -0.1) is 11.3 Å². The van der Waals surface area contributed by atoms with Gasteiger partial charge in [-0.1, -0.05) is 60.7 Å². The van der Waals surface area contributed by atoms with Crippen LogP contribution >= 0.6 is 11.3 Å². The SMILES string of the molecule is O=C(Cc1cccc2ccccc12)OCc1csc(-c2cc3ccccc3o2)n1. The van der Waals surface area contributed by atoms with Gasteiger partial charge in [-0.05, 0) is 28.5 Å². The number of carbonyl (C=O) groups excluding carboxylic acids is 1. The number of rotatable bonds is 5. The van der Waals surface area contributed by atoms with E-state index in [1.165, 1.54) is 11.3 Å². The largest absolute Gasteiger partial charge is 0.459 e. The Morgan fingerprint density at radius 2 is 1.76 bits per heavy atom. The minimum Gasteiger partial charge on any atom is -0.459 e. The van der Waals surface area contributed by atoms with Crippen LogP contribution < -0.4 is 0 Å². The topological polar surface area (TPSA) is 52.3 Å². The van der Waals surface area contributed by atoms with Crippen LogP contribution in [0.1, 0.15) is 11.3 Å². The van der Waals surface area contributed by atoms with E-state index in [9.17, 15) is 4.79 Å². The zero-order valence-electron chi connectivity index (χ0n) is 15.5. The summed E-state index contributed by atoms with van der Waals surface area (Å²) >= 11 is 1.48. The van der Waals surface area contributed by atoms with Crippen molar-refractivity contribution in [3.8, 4) is 10.8 Å². The lowest BCUT2D eigenvalue weighted by Crippen LogP contribution is -2.08. The van der Waals surface area contributed by atoms with E-state index in [1.54, 1.807) is 0 Å². The van der Waals surface area contributed by atoms with Crippen LogP contribution in [0, 0.1) is 0 Å². The van der Waals surface area contributed by atoms with Gasteiger partial charge in [-0.25, -0.2) is 4.98 Å². The summed E-state index contributed by atoms with van der Waals surface area (Å²) in [6.07, 6.45) is 0.238. The maximum atomic E-state index is 12.4. The fourth-order valence-electron chi connectivity index (χ4n) is 3.38. The quantitative estimate of drug-likeness (QED) is 0.340. The molecular formula is C24H17NO3S. The van der Waals surface area contributed by atoms with Crippen LogP contribution in [-0.4, -0.2) is 11.0 Å². The second-order valence-electron chi connectivity index (χ2n) is 6.77. The summed E-state index contributed by atoms with van der Waals surface area (Å²) in [5.74, 6) is 0.462. The van der Waals surface area contributed by atoms with Crippen molar-refractivity contribution in [3.05, 3.63) is 89.4 Å². The van der Waals surface area contributed by atoms with Gasteiger partial charge in [0, 0.05) is 10.8 Å². The molecule has 0 spiro atoms. The van der Waals surface area contributed by atoms with Crippen LogP contribution in [0.4, 0.5) is 0 Å². The molecule has 4 nitrogen and oxygen atoms in total. The van der Waals surface area contributed by atoms with Gasteiger partial charge in [0.25, 0.3) is 0 Å². The molecule has 3 aromatic carbocycles. The molecule has 5 aromatic rings. The highest BCUT2D eigenvalue weighted by Gasteiger charge is 2.13. The van der Waals surface area contributed by atoms with E-state index in [4.69, 9.17) is 9.15 Å². The molecule has 29 heavy (non-hydrogen) atoms.